The number of carbonyl (C=O) groups excluding carboxylic acids is 1. The van der Waals surface area contributed by atoms with Crippen LogP contribution in [0.5, 0.6) is 5.75 Å². The van der Waals surface area contributed by atoms with Crippen LogP contribution in [0.25, 0.3) is 10.8 Å². The van der Waals surface area contributed by atoms with Gasteiger partial charge in [-0.15, -0.1) is 12.4 Å². The number of amides is 1. The monoisotopic (exact) mass is 503 g/mol. The molecule has 1 aromatic carbocycles. The van der Waals surface area contributed by atoms with Gasteiger partial charge in [0.25, 0.3) is 11.5 Å². The third-order valence-electron chi connectivity index (χ3n) is 5.45. The molecule has 9 heteroatoms. The third-order valence-corrected chi connectivity index (χ3v) is 6.17. The Balaban J connectivity index is 0.00000363. The van der Waals surface area contributed by atoms with Crippen LogP contribution in [-0.2, 0) is 6.54 Å². The van der Waals surface area contributed by atoms with Crippen molar-refractivity contribution in [3.05, 3.63) is 38.2 Å². The van der Waals surface area contributed by atoms with Crippen molar-refractivity contribution in [1.29, 1.82) is 0 Å². The first-order chi connectivity index (χ1) is 14.6. The predicted molar refractivity (Wildman–Crippen MR) is 134 cm³/mol. The summed E-state index contributed by atoms with van der Waals surface area (Å²) in [5.41, 5.74) is -0.301. The lowest BCUT2D eigenvalue weighted by atomic mass is 9.96. The largest absolute Gasteiger partial charge is 0.494 e. The minimum Gasteiger partial charge on any atom is -0.494 e. The number of fused-ring (bicyclic) bond motifs is 1. The summed E-state index contributed by atoms with van der Waals surface area (Å²) >= 11 is 12.4. The minimum absolute atomic E-state index is 0. The molecule has 0 bridgehead atoms. The number of carbonyl (C=O) groups is 1. The molecular formula is C23H32Cl3N3O3. The summed E-state index contributed by atoms with van der Waals surface area (Å²) in [4.78, 5) is 29.0. The number of benzene rings is 1. The smallest absolute Gasteiger partial charge is 0.271 e. The molecule has 0 saturated carbocycles. The highest BCUT2D eigenvalue weighted by Gasteiger charge is 2.26. The molecule has 1 N–H and O–H groups in total. The van der Waals surface area contributed by atoms with Crippen molar-refractivity contribution in [2.75, 3.05) is 33.3 Å². The minimum atomic E-state index is -0.326. The summed E-state index contributed by atoms with van der Waals surface area (Å²) in [6.07, 6.45) is 3.34. The maximum Gasteiger partial charge on any atom is 0.271 e. The van der Waals surface area contributed by atoms with Crippen LogP contribution in [0.2, 0.25) is 10.0 Å². The molecule has 6 nitrogen and oxygen atoms in total. The number of rotatable bonds is 7. The summed E-state index contributed by atoms with van der Waals surface area (Å²) in [5, 5.41) is 4.42. The average Bonchev–Trinajstić information content (AvgIpc) is 3.21. The average molecular weight is 505 g/mol. The highest BCUT2D eigenvalue weighted by molar-refractivity contribution is 6.42. The Morgan fingerprint density at radius 1 is 1.12 bits per heavy atom. The normalized spacial score (nSPS) is 14.4. The van der Waals surface area contributed by atoms with E-state index in [4.69, 9.17) is 27.9 Å². The van der Waals surface area contributed by atoms with Crippen LogP contribution in [0, 0.1) is 5.41 Å². The molecule has 3 rings (SSSR count). The van der Waals surface area contributed by atoms with Crippen LogP contribution in [0.3, 0.4) is 0 Å². The first-order valence-corrected chi connectivity index (χ1v) is 11.5. The number of nitrogens with one attached hydrogen (secondary N) is 1. The molecule has 1 saturated heterocycles. The van der Waals surface area contributed by atoms with E-state index in [-0.39, 0.29) is 40.0 Å². The molecule has 1 aliphatic rings. The molecule has 32 heavy (non-hydrogen) atoms. The highest BCUT2D eigenvalue weighted by Crippen LogP contribution is 2.34. The van der Waals surface area contributed by atoms with E-state index in [1.165, 1.54) is 24.5 Å². The molecule has 0 radical (unpaired) electrons. The summed E-state index contributed by atoms with van der Waals surface area (Å²) in [5.74, 6) is 0.00190. The first kappa shape index (κ1) is 26.8. The molecular weight excluding hydrogens is 473 g/mol. The van der Waals surface area contributed by atoms with E-state index in [0.29, 0.717) is 34.6 Å². The van der Waals surface area contributed by atoms with Gasteiger partial charge >= 0.3 is 0 Å². The van der Waals surface area contributed by atoms with Gasteiger partial charge in [0.1, 0.15) is 0 Å². The van der Waals surface area contributed by atoms with E-state index in [1.807, 2.05) is 20.8 Å². The zero-order valence-electron chi connectivity index (χ0n) is 19.1. The van der Waals surface area contributed by atoms with Gasteiger partial charge in [-0.3, -0.25) is 14.2 Å². The molecule has 1 fully saturated rings. The van der Waals surface area contributed by atoms with Crippen LogP contribution in [0.1, 0.15) is 50.5 Å². The zero-order valence-corrected chi connectivity index (χ0v) is 21.4. The van der Waals surface area contributed by atoms with Crippen molar-refractivity contribution in [2.24, 2.45) is 5.41 Å². The number of pyridine rings is 1. The van der Waals surface area contributed by atoms with E-state index < -0.39 is 0 Å². The molecule has 0 atom stereocenters. The van der Waals surface area contributed by atoms with Crippen LogP contribution in [0.4, 0.5) is 0 Å². The standard InChI is InChI=1S/C23H31Cl2N3O3.ClH/c1-23(2,3)14-28-19(21(29)26-8-7-11-27-9-5-6-10-27)20(31-4)15-12-17(24)18(25)13-16(15)22(28)30;/h12-13H,5-11,14H2,1-4H3,(H,26,29);1H. The summed E-state index contributed by atoms with van der Waals surface area (Å²) in [7, 11) is 1.49. The molecule has 2 heterocycles. The Kier molecular flexibility index (Phi) is 9.29. The Bertz CT molecular complexity index is 1030. The van der Waals surface area contributed by atoms with Gasteiger partial charge in [0.15, 0.2) is 11.4 Å². The van der Waals surface area contributed by atoms with Gasteiger partial charge in [0.2, 0.25) is 0 Å². The van der Waals surface area contributed by atoms with E-state index in [0.717, 1.165) is 26.1 Å². The second kappa shape index (κ2) is 11.1. The fourth-order valence-electron chi connectivity index (χ4n) is 4.06. The van der Waals surface area contributed by atoms with E-state index in [2.05, 4.69) is 10.2 Å². The first-order valence-electron chi connectivity index (χ1n) is 10.7. The molecule has 1 aliphatic heterocycles. The second-order valence-corrected chi connectivity index (χ2v) is 10.1. The number of halogens is 3. The van der Waals surface area contributed by atoms with Gasteiger partial charge in [-0.05, 0) is 56.4 Å². The van der Waals surface area contributed by atoms with Gasteiger partial charge in [0, 0.05) is 18.5 Å². The van der Waals surface area contributed by atoms with Crippen LogP contribution >= 0.6 is 35.6 Å². The Morgan fingerprint density at radius 2 is 1.72 bits per heavy atom. The van der Waals surface area contributed by atoms with Crippen molar-refractivity contribution in [2.45, 2.75) is 46.6 Å². The van der Waals surface area contributed by atoms with Crippen molar-refractivity contribution >= 4 is 52.3 Å². The number of hydrogen-bond donors (Lipinski definition) is 1. The number of hydrogen-bond acceptors (Lipinski definition) is 4. The van der Waals surface area contributed by atoms with Gasteiger partial charge in [-0.1, -0.05) is 44.0 Å². The molecule has 178 valence electrons. The molecule has 2 aromatic rings. The quantitative estimate of drug-likeness (QED) is 0.539. The molecule has 1 amide bonds. The van der Waals surface area contributed by atoms with Crippen molar-refractivity contribution in [1.82, 2.24) is 14.8 Å². The highest BCUT2D eigenvalue weighted by atomic mass is 35.5. The Labute approximate surface area is 205 Å². The number of aromatic nitrogens is 1. The summed E-state index contributed by atoms with van der Waals surface area (Å²) < 4.78 is 7.14. The maximum atomic E-state index is 13.4. The van der Waals surface area contributed by atoms with Crippen molar-refractivity contribution in [3.8, 4) is 5.75 Å². The molecule has 0 unspecified atom stereocenters. The lowest BCUT2D eigenvalue weighted by Crippen LogP contribution is -2.36. The zero-order chi connectivity index (χ0) is 22.8. The summed E-state index contributed by atoms with van der Waals surface area (Å²) in [6.45, 7) is 10.1. The molecule has 1 aromatic heterocycles. The number of nitrogens with zero attached hydrogens (tertiary/aromatic N) is 2. The second-order valence-electron chi connectivity index (χ2n) is 9.30. The van der Waals surface area contributed by atoms with E-state index >= 15 is 0 Å². The van der Waals surface area contributed by atoms with Crippen molar-refractivity contribution in [3.63, 3.8) is 0 Å². The number of likely N-dealkylation sites (tertiary alicyclic amines) is 1. The fourth-order valence-corrected chi connectivity index (χ4v) is 4.39. The van der Waals surface area contributed by atoms with Gasteiger partial charge < -0.3 is 15.0 Å². The van der Waals surface area contributed by atoms with E-state index in [9.17, 15) is 9.59 Å². The van der Waals surface area contributed by atoms with Gasteiger partial charge in [-0.2, -0.15) is 0 Å². The van der Waals surface area contributed by atoms with E-state index in [1.54, 1.807) is 12.1 Å². The topological polar surface area (TPSA) is 63.6 Å². The number of methoxy groups -OCH3 is 1. The lowest BCUT2D eigenvalue weighted by molar-refractivity contribution is 0.0935. The van der Waals surface area contributed by atoms with Crippen LogP contribution in [0.15, 0.2) is 16.9 Å². The SMILES string of the molecule is COc1c(C(=O)NCCCN2CCCC2)n(CC(C)(C)C)c(=O)c2cc(Cl)c(Cl)cc12.Cl. The third kappa shape index (κ3) is 6.10. The van der Waals surface area contributed by atoms with Gasteiger partial charge in [0.05, 0.1) is 22.5 Å². The Hall–Kier alpha value is -1.47. The van der Waals surface area contributed by atoms with Crippen LogP contribution < -0.4 is 15.6 Å². The Morgan fingerprint density at radius 3 is 2.28 bits per heavy atom. The maximum absolute atomic E-state index is 13.4. The summed E-state index contributed by atoms with van der Waals surface area (Å²) in [6, 6.07) is 3.13. The molecule has 0 spiro atoms. The van der Waals surface area contributed by atoms with Gasteiger partial charge in [-0.25, -0.2) is 0 Å². The molecule has 0 aliphatic carbocycles. The number of ether oxygens (including phenoxy) is 1. The van der Waals surface area contributed by atoms with Crippen LogP contribution in [-0.4, -0.2) is 48.7 Å². The fraction of sp³-hybridized carbons (Fsp3) is 0.565. The van der Waals surface area contributed by atoms with Crippen molar-refractivity contribution < 1.29 is 9.53 Å². The lowest BCUT2D eigenvalue weighted by Gasteiger charge is -2.24. The predicted octanol–water partition coefficient (Wildman–Crippen LogP) is 5.00.